The van der Waals surface area contributed by atoms with Gasteiger partial charge < -0.3 is 25.6 Å². The van der Waals surface area contributed by atoms with Crippen LogP contribution in [0.4, 0.5) is 5.69 Å². The van der Waals surface area contributed by atoms with Gasteiger partial charge in [0, 0.05) is 18.2 Å². The Morgan fingerprint density at radius 3 is 2.63 bits per heavy atom. The van der Waals surface area contributed by atoms with E-state index in [0.717, 1.165) is 6.42 Å². The molecule has 0 radical (unpaired) electrons. The van der Waals surface area contributed by atoms with Crippen LogP contribution in [0.2, 0.25) is 0 Å². The predicted octanol–water partition coefficient (Wildman–Crippen LogP) is 0.198. The number of carboxylic acid groups (broad SMARTS) is 1. The lowest BCUT2D eigenvalue weighted by atomic mass is 10.2. The molecule has 1 aromatic rings. The van der Waals surface area contributed by atoms with Gasteiger partial charge in [-0.25, -0.2) is 4.79 Å². The Labute approximate surface area is 109 Å². The second-order valence-electron chi connectivity index (χ2n) is 4.02. The first-order chi connectivity index (χ1) is 9.08. The number of rotatable bonds is 3. The van der Waals surface area contributed by atoms with Crippen molar-refractivity contribution in [2.45, 2.75) is 12.5 Å². The Balaban J connectivity index is 2.11. The summed E-state index contributed by atoms with van der Waals surface area (Å²) in [5, 5.41) is 11.0. The molecule has 1 aliphatic heterocycles. The third-order valence-corrected chi connectivity index (χ3v) is 2.56. The van der Waals surface area contributed by atoms with E-state index in [4.69, 9.17) is 20.3 Å². The van der Waals surface area contributed by atoms with Gasteiger partial charge in [0.25, 0.3) is 5.91 Å². The van der Waals surface area contributed by atoms with Crippen LogP contribution >= 0.6 is 0 Å². The van der Waals surface area contributed by atoms with Crippen molar-refractivity contribution in [2.75, 3.05) is 18.5 Å². The van der Waals surface area contributed by atoms with E-state index in [1.165, 1.54) is 0 Å². The lowest BCUT2D eigenvalue weighted by molar-refractivity contribution is -0.141. The molecular weight excluding hydrogens is 252 g/mol. The average Bonchev–Trinajstić information content (AvgIpc) is 2.62. The topological polar surface area (TPSA) is 111 Å². The number of carbonyl (C=O) groups is 2. The first-order valence-electron chi connectivity index (χ1n) is 5.77. The molecule has 1 amide bonds. The van der Waals surface area contributed by atoms with E-state index >= 15 is 0 Å². The molecule has 7 heteroatoms. The number of amides is 1. The molecule has 0 saturated heterocycles. The fourth-order valence-electron chi connectivity index (χ4n) is 1.57. The van der Waals surface area contributed by atoms with E-state index in [9.17, 15) is 9.59 Å². The van der Waals surface area contributed by atoms with E-state index < -0.39 is 17.9 Å². The quantitative estimate of drug-likeness (QED) is 0.674. The van der Waals surface area contributed by atoms with Crippen LogP contribution in [0, 0.1) is 0 Å². The van der Waals surface area contributed by atoms with Crippen molar-refractivity contribution in [3.63, 3.8) is 0 Å². The van der Waals surface area contributed by atoms with Crippen molar-refractivity contribution >= 4 is 17.6 Å². The summed E-state index contributed by atoms with van der Waals surface area (Å²) in [5.74, 6) is -1.06. The lowest BCUT2D eigenvalue weighted by Gasteiger charge is -2.11. The number of hydrogen-bond donors (Lipinski definition) is 3. The molecule has 102 valence electrons. The Hall–Kier alpha value is -2.28. The van der Waals surface area contributed by atoms with Gasteiger partial charge in [0.05, 0.1) is 13.2 Å². The number of anilines is 1. The van der Waals surface area contributed by atoms with Crippen LogP contribution < -0.4 is 20.5 Å². The van der Waals surface area contributed by atoms with Crippen LogP contribution in [0.3, 0.4) is 0 Å². The van der Waals surface area contributed by atoms with Gasteiger partial charge in [-0.3, -0.25) is 4.79 Å². The average molecular weight is 266 g/mol. The monoisotopic (exact) mass is 266 g/mol. The van der Waals surface area contributed by atoms with E-state index in [1.807, 2.05) is 0 Å². The molecule has 1 unspecified atom stereocenters. The highest BCUT2D eigenvalue weighted by Gasteiger charge is 2.21. The van der Waals surface area contributed by atoms with Gasteiger partial charge in [-0.2, -0.15) is 0 Å². The SMILES string of the molecule is NC(C(=O)O)C(=O)Nc1ccc2c(c1)OCCCO2. The maximum absolute atomic E-state index is 11.5. The molecule has 1 atom stereocenters. The molecule has 0 bridgehead atoms. The number of aliphatic carboxylic acids is 1. The number of nitrogens with one attached hydrogen (secondary N) is 1. The van der Waals surface area contributed by atoms with E-state index in [0.29, 0.717) is 30.4 Å². The molecule has 1 aromatic carbocycles. The minimum absolute atomic E-state index is 0.408. The molecule has 2 rings (SSSR count). The molecule has 0 spiro atoms. The molecule has 1 heterocycles. The fourth-order valence-corrected chi connectivity index (χ4v) is 1.57. The number of hydrogen-bond acceptors (Lipinski definition) is 5. The molecule has 0 aromatic heterocycles. The summed E-state index contributed by atoms with van der Waals surface area (Å²) in [7, 11) is 0. The Bertz CT molecular complexity index is 503. The van der Waals surface area contributed by atoms with Crippen LogP contribution in [-0.2, 0) is 9.59 Å². The van der Waals surface area contributed by atoms with E-state index in [-0.39, 0.29) is 0 Å². The third kappa shape index (κ3) is 3.14. The third-order valence-electron chi connectivity index (χ3n) is 2.56. The molecule has 0 saturated carbocycles. The van der Waals surface area contributed by atoms with Gasteiger partial charge in [0.2, 0.25) is 0 Å². The van der Waals surface area contributed by atoms with Crippen molar-refractivity contribution in [3.8, 4) is 11.5 Å². The summed E-state index contributed by atoms with van der Waals surface area (Å²) in [5.41, 5.74) is 5.61. The van der Waals surface area contributed by atoms with Gasteiger partial charge >= 0.3 is 5.97 Å². The smallest absolute Gasteiger partial charge is 0.330 e. The Morgan fingerprint density at radius 1 is 1.26 bits per heavy atom. The summed E-state index contributed by atoms with van der Waals surface area (Å²) in [4.78, 5) is 22.1. The summed E-state index contributed by atoms with van der Waals surface area (Å²) in [6.45, 7) is 1.10. The highest BCUT2D eigenvalue weighted by Crippen LogP contribution is 2.32. The van der Waals surface area contributed by atoms with Gasteiger partial charge in [-0.15, -0.1) is 0 Å². The van der Waals surface area contributed by atoms with Crippen molar-refractivity contribution in [1.82, 2.24) is 0 Å². The minimum Gasteiger partial charge on any atom is -0.490 e. The van der Waals surface area contributed by atoms with Crippen molar-refractivity contribution in [1.29, 1.82) is 0 Å². The zero-order valence-electron chi connectivity index (χ0n) is 10.1. The molecule has 0 fully saturated rings. The first kappa shape index (κ1) is 13.2. The van der Waals surface area contributed by atoms with Gasteiger partial charge in [0.1, 0.15) is 0 Å². The second-order valence-corrected chi connectivity index (χ2v) is 4.02. The molecular formula is C12H14N2O5. The highest BCUT2D eigenvalue weighted by molar-refractivity contribution is 6.07. The number of ether oxygens (including phenoxy) is 2. The summed E-state index contributed by atoms with van der Waals surface area (Å²) in [6.07, 6.45) is 0.778. The highest BCUT2D eigenvalue weighted by atomic mass is 16.5. The van der Waals surface area contributed by atoms with Gasteiger partial charge in [0.15, 0.2) is 17.5 Å². The van der Waals surface area contributed by atoms with Gasteiger partial charge in [-0.1, -0.05) is 0 Å². The number of fused-ring (bicyclic) bond motifs is 1. The second kappa shape index (κ2) is 5.57. The van der Waals surface area contributed by atoms with Crippen LogP contribution in [0.15, 0.2) is 18.2 Å². The lowest BCUT2D eigenvalue weighted by Crippen LogP contribution is -2.42. The number of nitrogens with two attached hydrogens (primary N) is 1. The number of benzene rings is 1. The van der Waals surface area contributed by atoms with Crippen LogP contribution in [-0.4, -0.2) is 36.2 Å². The van der Waals surface area contributed by atoms with Crippen LogP contribution in [0.25, 0.3) is 0 Å². The summed E-state index contributed by atoms with van der Waals surface area (Å²) in [6, 6.07) is 3.23. The Morgan fingerprint density at radius 2 is 1.95 bits per heavy atom. The molecule has 19 heavy (non-hydrogen) atoms. The van der Waals surface area contributed by atoms with Gasteiger partial charge in [-0.05, 0) is 12.1 Å². The minimum atomic E-state index is -1.60. The summed E-state index contributed by atoms with van der Waals surface area (Å²) < 4.78 is 10.9. The van der Waals surface area contributed by atoms with Crippen molar-refractivity contribution in [3.05, 3.63) is 18.2 Å². The summed E-state index contributed by atoms with van der Waals surface area (Å²) >= 11 is 0. The maximum Gasteiger partial charge on any atom is 0.330 e. The zero-order valence-corrected chi connectivity index (χ0v) is 10.1. The normalized spacial score (nSPS) is 15.2. The predicted molar refractivity (Wildman–Crippen MR) is 66.3 cm³/mol. The van der Waals surface area contributed by atoms with Crippen LogP contribution in [0.5, 0.6) is 11.5 Å². The number of carbonyl (C=O) groups excluding carboxylic acids is 1. The first-order valence-corrected chi connectivity index (χ1v) is 5.77. The largest absolute Gasteiger partial charge is 0.490 e. The standard InChI is InChI=1S/C12H14N2O5/c13-10(12(16)17)11(15)14-7-2-3-8-9(6-7)19-5-1-4-18-8/h2-3,6,10H,1,4-5,13H2,(H,14,15)(H,16,17). The van der Waals surface area contributed by atoms with E-state index in [1.54, 1.807) is 18.2 Å². The Kier molecular flexibility index (Phi) is 3.86. The van der Waals surface area contributed by atoms with E-state index in [2.05, 4.69) is 5.32 Å². The molecule has 7 nitrogen and oxygen atoms in total. The fraction of sp³-hybridized carbons (Fsp3) is 0.333. The maximum atomic E-state index is 11.5. The van der Waals surface area contributed by atoms with Crippen LogP contribution in [0.1, 0.15) is 6.42 Å². The molecule has 1 aliphatic rings. The molecule has 0 aliphatic carbocycles. The van der Waals surface area contributed by atoms with Crippen molar-refractivity contribution in [2.24, 2.45) is 5.73 Å². The van der Waals surface area contributed by atoms with Crippen molar-refractivity contribution < 1.29 is 24.2 Å². The zero-order chi connectivity index (χ0) is 13.8. The number of carboxylic acids is 1. The molecule has 4 N–H and O–H groups in total.